The number of nitrogens with one attached hydrogen (secondary N) is 1. The summed E-state index contributed by atoms with van der Waals surface area (Å²) in [5, 5.41) is 2.77. The third kappa shape index (κ3) is 4.26. The zero-order chi connectivity index (χ0) is 15.4. The molecule has 0 spiro atoms. The number of aryl methyl sites for hydroxylation is 2. The van der Waals surface area contributed by atoms with Crippen LogP contribution >= 0.6 is 11.8 Å². The number of carbonyl (C=O) groups excluding carboxylic acids is 1. The highest BCUT2D eigenvalue weighted by Gasteiger charge is 2.15. The molecule has 0 radical (unpaired) electrons. The molecule has 2 aromatic carbocycles. The van der Waals surface area contributed by atoms with Crippen LogP contribution < -0.4 is 11.1 Å². The van der Waals surface area contributed by atoms with E-state index in [0.29, 0.717) is 5.69 Å². The molecule has 0 heterocycles. The molecule has 0 fully saturated rings. The lowest BCUT2D eigenvalue weighted by atomic mass is 10.2. The van der Waals surface area contributed by atoms with Gasteiger partial charge >= 0.3 is 0 Å². The van der Waals surface area contributed by atoms with Crippen LogP contribution in [0.15, 0.2) is 47.4 Å². The maximum Gasteiger partial charge on any atom is 0.237 e. The van der Waals surface area contributed by atoms with E-state index in [1.54, 1.807) is 17.8 Å². The number of carbonyl (C=O) groups is 1. The molecule has 0 aliphatic carbocycles. The molecule has 1 amide bonds. The summed E-state index contributed by atoms with van der Waals surface area (Å²) in [4.78, 5) is 13.4. The largest absolute Gasteiger partial charge is 0.399 e. The number of benzene rings is 2. The number of anilines is 2. The Morgan fingerprint density at radius 2 is 1.95 bits per heavy atom. The fourth-order valence-corrected chi connectivity index (χ4v) is 2.94. The molecule has 4 heteroatoms. The van der Waals surface area contributed by atoms with Gasteiger partial charge in [0.1, 0.15) is 0 Å². The van der Waals surface area contributed by atoms with Gasteiger partial charge in [0.15, 0.2) is 0 Å². The van der Waals surface area contributed by atoms with Gasteiger partial charge in [-0.15, -0.1) is 11.8 Å². The van der Waals surface area contributed by atoms with Crippen LogP contribution in [0.25, 0.3) is 0 Å². The van der Waals surface area contributed by atoms with Gasteiger partial charge < -0.3 is 11.1 Å². The Bertz CT molecular complexity index is 655. The number of amides is 1. The summed E-state index contributed by atoms with van der Waals surface area (Å²) in [6.07, 6.45) is 0. The molecule has 0 aromatic heterocycles. The van der Waals surface area contributed by atoms with Crippen molar-refractivity contribution in [2.75, 3.05) is 11.1 Å². The van der Waals surface area contributed by atoms with Crippen molar-refractivity contribution in [1.82, 2.24) is 0 Å². The second-order valence-corrected chi connectivity index (χ2v) is 6.55. The molecule has 0 saturated heterocycles. The fourth-order valence-electron chi connectivity index (χ4n) is 1.95. The first kappa shape index (κ1) is 15.4. The van der Waals surface area contributed by atoms with Crippen molar-refractivity contribution in [3.05, 3.63) is 53.6 Å². The second kappa shape index (κ2) is 6.68. The maximum atomic E-state index is 12.3. The quantitative estimate of drug-likeness (QED) is 0.662. The molecule has 0 bridgehead atoms. The van der Waals surface area contributed by atoms with Gasteiger partial charge in [-0.2, -0.15) is 0 Å². The van der Waals surface area contributed by atoms with Gasteiger partial charge in [-0.1, -0.05) is 23.8 Å². The van der Waals surface area contributed by atoms with E-state index in [9.17, 15) is 4.79 Å². The Balaban J connectivity index is 2.04. The highest BCUT2D eigenvalue weighted by Crippen LogP contribution is 2.26. The van der Waals surface area contributed by atoms with Gasteiger partial charge in [0.05, 0.1) is 5.25 Å². The lowest BCUT2D eigenvalue weighted by molar-refractivity contribution is -0.115. The minimum Gasteiger partial charge on any atom is -0.399 e. The van der Waals surface area contributed by atoms with Gasteiger partial charge in [0.25, 0.3) is 0 Å². The van der Waals surface area contributed by atoms with Crippen molar-refractivity contribution < 1.29 is 4.79 Å². The summed E-state index contributed by atoms with van der Waals surface area (Å²) in [6.45, 7) is 5.91. The van der Waals surface area contributed by atoms with Crippen LogP contribution in [0.1, 0.15) is 18.1 Å². The van der Waals surface area contributed by atoms with E-state index in [4.69, 9.17) is 5.73 Å². The van der Waals surface area contributed by atoms with Gasteiger partial charge in [-0.3, -0.25) is 4.79 Å². The van der Waals surface area contributed by atoms with E-state index in [1.807, 2.05) is 51.1 Å². The molecule has 0 saturated carbocycles. The maximum absolute atomic E-state index is 12.3. The number of rotatable bonds is 4. The summed E-state index contributed by atoms with van der Waals surface area (Å²) in [7, 11) is 0. The van der Waals surface area contributed by atoms with Crippen molar-refractivity contribution >= 4 is 29.0 Å². The number of nitrogens with two attached hydrogens (primary N) is 1. The average Bonchev–Trinajstić information content (AvgIpc) is 2.43. The first-order valence-electron chi connectivity index (χ1n) is 6.86. The highest BCUT2D eigenvalue weighted by atomic mass is 32.2. The van der Waals surface area contributed by atoms with Crippen molar-refractivity contribution in [2.24, 2.45) is 0 Å². The van der Waals surface area contributed by atoms with Crippen LogP contribution in [0.4, 0.5) is 11.4 Å². The molecule has 0 aliphatic heterocycles. The number of hydrogen-bond donors (Lipinski definition) is 2. The standard InChI is InChI=1S/C17H20N2OS/c1-11-5-4-6-15(9-11)21-13(3)17(20)19-16-10-14(18)8-7-12(16)2/h4-10,13H,18H2,1-3H3,(H,19,20). The summed E-state index contributed by atoms with van der Waals surface area (Å²) >= 11 is 1.55. The van der Waals surface area contributed by atoms with E-state index in [2.05, 4.69) is 11.4 Å². The van der Waals surface area contributed by atoms with Gasteiger partial charge in [0.2, 0.25) is 5.91 Å². The van der Waals surface area contributed by atoms with Crippen LogP contribution in [0, 0.1) is 13.8 Å². The van der Waals surface area contributed by atoms with Crippen LogP contribution in [0.2, 0.25) is 0 Å². The lowest BCUT2D eigenvalue weighted by Gasteiger charge is -2.14. The Labute approximate surface area is 129 Å². The molecule has 110 valence electrons. The smallest absolute Gasteiger partial charge is 0.237 e. The zero-order valence-corrected chi connectivity index (χ0v) is 13.3. The van der Waals surface area contributed by atoms with Crippen molar-refractivity contribution in [2.45, 2.75) is 30.9 Å². The first-order chi connectivity index (χ1) is 9.95. The summed E-state index contributed by atoms with van der Waals surface area (Å²) in [5.41, 5.74) is 9.38. The molecule has 0 aliphatic rings. The highest BCUT2D eigenvalue weighted by molar-refractivity contribution is 8.00. The van der Waals surface area contributed by atoms with Crippen molar-refractivity contribution in [3.63, 3.8) is 0 Å². The molecule has 1 atom stereocenters. The van der Waals surface area contributed by atoms with E-state index < -0.39 is 0 Å². The van der Waals surface area contributed by atoms with Crippen LogP contribution in [0.3, 0.4) is 0 Å². The minimum absolute atomic E-state index is 0.0183. The van der Waals surface area contributed by atoms with E-state index in [-0.39, 0.29) is 11.2 Å². The van der Waals surface area contributed by atoms with E-state index >= 15 is 0 Å². The first-order valence-corrected chi connectivity index (χ1v) is 7.74. The number of nitrogen functional groups attached to an aromatic ring is 1. The predicted molar refractivity (Wildman–Crippen MR) is 90.7 cm³/mol. The number of thioether (sulfide) groups is 1. The van der Waals surface area contributed by atoms with Gasteiger partial charge in [-0.25, -0.2) is 0 Å². The second-order valence-electron chi connectivity index (χ2n) is 5.14. The SMILES string of the molecule is Cc1cccc(SC(C)C(=O)Nc2cc(N)ccc2C)c1. The lowest BCUT2D eigenvalue weighted by Crippen LogP contribution is -2.22. The third-order valence-corrected chi connectivity index (χ3v) is 4.28. The summed E-state index contributed by atoms with van der Waals surface area (Å²) < 4.78 is 0. The van der Waals surface area contributed by atoms with Gasteiger partial charge in [0, 0.05) is 16.3 Å². The Morgan fingerprint density at radius 1 is 1.19 bits per heavy atom. The summed E-state index contributed by atoms with van der Waals surface area (Å²) in [6, 6.07) is 13.7. The molecular formula is C17H20N2OS. The van der Waals surface area contributed by atoms with Crippen LogP contribution in [-0.4, -0.2) is 11.2 Å². The predicted octanol–water partition coefficient (Wildman–Crippen LogP) is 4.00. The Kier molecular flexibility index (Phi) is 4.91. The fraction of sp³-hybridized carbons (Fsp3) is 0.235. The Hall–Kier alpha value is -1.94. The molecule has 2 aromatic rings. The number of hydrogen-bond acceptors (Lipinski definition) is 3. The monoisotopic (exact) mass is 300 g/mol. The zero-order valence-electron chi connectivity index (χ0n) is 12.5. The van der Waals surface area contributed by atoms with Crippen LogP contribution in [0.5, 0.6) is 0 Å². The van der Waals surface area contributed by atoms with Crippen LogP contribution in [-0.2, 0) is 4.79 Å². The van der Waals surface area contributed by atoms with Crippen molar-refractivity contribution in [1.29, 1.82) is 0 Å². The normalized spacial score (nSPS) is 12.0. The molecule has 2 rings (SSSR count). The molecule has 21 heavy (non-hydrogen) atoms. The minimum atomic E-state index is -0.173. The Morgan fingerprint density at radius 3 is 2.67 bits per heavy atom. The van der Waals surface area contributed by atoms with Gasteiger partial charge in [-0.05, 0) is 50.6 Å². The molecule has 1 unspecified atom stereocenters. The topological polar surface area (TPSA) is 55.1 Å². The third-order valence-electron chi connectivity index (χ3n) is 3.19. The average molecular weight is 300 g/mol. The summed E-state index contributed by atoms with van der Waals surface area (Å²) in [5.74, 6) is -0.0183. The van der Waals surface area contributed by atoms with E-state index in [0.717, 1.165) is 16.1 Å². The van der Waals surface area contributed by atoms with Crippen molar-refractivity contribution in [3.8, 4) is 0 Å². The molecular weight excluding hydrogens is 280 g/mol. The van der Waals surface area contributed by atoms with E-state index in [1.165, 1.54) is 5.56 Å². The molecule has 3 nitrogen and oxygen atoms in total. The molecule has 3 N–H and O–H groups in total.